The summed E-state index contributed by atoms with van der Waals surface area (Å²) in [4.78, 5) is 23.4. The molecule has 1 atom stereocenters. The lowest BCUT2D eigenvalue weighted by molar-refractivity contribution is 0.333. The largest absolute Gasteiger partial charge is 0.354 e. The maximum atomic E-state index is 4.99. The number of aryl methyl sites for hydroxylation is 2. The van der Waals surface area contributed by atoms with Crippen LogP contribution in [-0.2, 0) is 11.8 Å². The fourth-order valence-electron chi connectivity index (χ4n) is 4.63. The van der Waals surface area contributed by atoms with E-state index in [1.54, 1.807) is 11.3 Å². The van der Waals surface area contributed by atoms with Crippen molar-refractivity contribution in [3.8, 4) is 0 Å². The first-order valence-corrected chi connectivity index (χ1v) is 10.4. The second-order valence-corrected chi connectivity index (χ2v) is 8.89. The lowest BCUT2D eigenvalue weighted by Crippen LogP contribution is -2.46. The van der Waals surface area contributed by atoms with Gasteiger partial charge in [0.25, 0.3) is 0 Å². The molecule has 1 saturated heterocycles. The van der Waals surface area contributed by atoms with Crippen LogP contribution in [0.3, 0.4) is 0 Å². The van der Waals surface area contributed by atoms with Crippen LogP contribution < -0.4 is 9.80 Å². The minimum Gasteiger partial charge on any atom is -0.354 e. The van der Waals surface area contributed by atoms with Crippen LogP contribution in [0.5, 0.6) is 0 Å². The number of fused-ring (bicyclic) bond motifs is 3. The first-order chi connectivity index (χ1) is 13.1. The summed E-state index contributed by atoms with van der Waals surface area (Å²) in [6.07, 6.45) is 6.63. The van der Waals surface area contributed by atoms with Crippen molar-refractivity contribution in [1.29, 1.82) is 0 Å². The Labute approximate surface area is 163 Å². The summed E-state index contributed by atoms with van der Waals surface area (Å²) in [5.74, 6) is 2.76. The molecule has 1 aliphatic carbocycles. The molecule has 6 nitrogen and oxygen atoms in total. The molecule has 1 fully saturated rings. The molecule has 1 spiro atoms. The van der Waals surface area contributed by atoms with Crippen LogP contribution in [0, 0.1) is 6.92 Å². The van der Waals surface area contributed by atoms with E-state index in [0.29, 0.717) is 0 Å². The van der Waals surface area contributed by atoms with Crippen molar-refractivity contribution >= 4 is 33.3 Å². The van der Waals surface area contributed by atoms with Gasteiger partial charge in [0, 0.05) is 38.8 Å². The van der Waals surface area contributed by atoms with E-state index in [0.717, 1.165) is 55.5 Å². The van der Waals surface area contributed by atoms with E-state index in [-0.39, 0.29) is 5.41 Å². The fourth-order valence-corrected chi connectivity index (χ4v) is 5.48. The van der Waals surface area contributed by atoms with Gasteiger partial charge in [0.15, 0.2) is 0 Å². The van der Waals surface area contributed by atoms with Gasteiger partial charge in [-0.25, -0.2) is 19.9 Å². The fraction of sp³-hybridized carbons (Fsp3) is 0.500. The smallest absolute Gasteiger partial charge is 0.225 e. The van der Waals surface area contributed by atoms with Crippen molar-refractivity contribution in [2.75, 3.05) is 37.0 Å². The molecule has 0 N–H and O–H groups in total. The molecule has 2 aliphatic rings. The minimum absolute atomic E-state index is 0.115. The third-order valence-electron chi connectivity index (χ3n) is 5.90. The van der Waals surface area contributed by atoms with Crippen LogP contribution >= 0.6 is 11.3 Å². The Kier molecular flexibility index (Phi) is 3.82. The van der Waals surface area contributed by atoms with Gasteiger partial charge < -0.3 is 9.80 Å². The molecule has 7 heteroatoms. The molecule has 140 valence electrons. The zero-order valence-electron chi connectivity index (χ0n) is 16.1. The van der Waals surface area contributed by atoms with Gasteiger partial charge in [-0.1, -0.05) is 0 Å². The molecule has 5 rings (SSSR count). The first-order valence-electron chi connectivity index (χ1n) is 9.56. The Balaban J connectivity index is 1.56. The van der Waals surface area contributed by atoms with Crippen molar-refractivity contribution in [1.82, 2.24) is 19.9 Å². The van der Waals surface area contributed by atoms with Crippen molar-refractivity contribution < 1.29 is 0 Å². The van der Waals surface area contributed by atoms with Crippen molar-refractivity contribution in [3.63, 3.8) is 0 Å². The molecule has 0 radical (unpaired) electrons. The molecule has 0 aromatic carbocycles. The van der Waals surface area contributed by atoms with Crippen molar-refractivity contribution in [2.24, 2.45) is 0 Å². The van der Waals surface area contributed by atoms with Gasteiger partial charge in [0.2, 0.25) is 5.95 Å². The topological polar surface area (TPSA) is 58.0 Å². The van der Waals surface area contributed by atoms with Gasteiger partial charge in [-0.3, -0.25) is 0 Å². The predicted molar refractivity (Wildman–Crippen MR) is 110 cm³/mol. The van der Waals surface area contributed by atoms with Crippen LogP contribution in [0.2, 0.25) is 0 Å². The average molecular weight is 381 g/mol. The number of piperidine rings is 1. The standard InChI is InChI=1S/C20H24N6S/c1-13-22-15-6-10-27-16(15)18(23-13)26-9-4-7-20(12-26)8-5-14-11-21-19(25(2)3)24-17(14)20/h6,10-11H,4-5,7-9,12H2,1-3H3. The highest BCUT2D eigenvalue weighted by molar-refractivity contribution is 7.17. The molecule has 0 saturated carbocycles. The number of hydrogen-bond acceptors (Lipinski definition) is 7. The molecule has 1 aliphatic heterocycles. The normalized spacial score (nSPS) is 21.8. The number of rotatable bonds is 2. The molecular weight excluding hydrogens is 356 g/mol. The molecule has 27 heavy (non-hydrogen) atoms. The van der Waals surface area contributed by atoms with Crippen LogP contribution in [0.4, 0.5) is 11.8 Å². The third kappa shape index (κ3) is 2.67. The summed E-state index contributed by atoms with van der Waals surface area (Å²) < 4.78 is 1.20. The van der Waals surface area contributed by atoms with Crippen LogP contribution in [0.25, 0.3) is 10.2 Å². The van der Waals surface area contributed by atoms with Gasteiger partial charge >= 0.3 is 0 Å². The lowest BCUT2D eigenvalue weighted by atomic mass is 9.77. The Morgan fingerprint density at radius 2 is 2.07 bits per heavy atom. The highest BCUT2D eigenvalue weighted by Gasteiger charge is 2.44. The van der Waals surface area contributed by atoms with E-state index >= 15 is 0 Å². The summed E-state index contributed by atoms with van der Waals surface area (Å²) in [6.45, 7) is 4.02. The van der Waals surface area contributed by atoms with Gasteiger partial charge in [-0.2, -0.15) is 0 Å². The summed E-state index contributed by atoms with van der Waals surface area (Å²) in [6, 6.07) is 2.10. The monoisotopic (exact) mass is 380 g/mol. The Morgan fingerprint density at radius 1 is 1.19 bits per heavy atom. The zero-order chi connectivity index (χ0) is 18.6. The van der Waals surface area contributed by atoms with E-state index in [9.17, 15) is 0 Å². The third-order valence-corrected chi connectivity index (χ3v) is 6.80. The SMILES string of the molecule is Cc1nc(N2CCCC3(CCc4cnc(N(C)C)nc43)C2)c2sccc2n1. The molecular formula is C20H24N6S. The van der Waals surface area contributed by atoms with E-state index in [1.807, 2.05) is 32.1 Å². The average Bonchev–Trinajstić information content (AvgIpc) is 3.26. The minimum atomic E-state index is 0.115. The Hall–Kier alpha value is -2.28. The van der Waals surface area contributed by atoms with Gasteiger partial charge in [0.05, 0.1) is 15.9 Å². The summed E-state index contributed by atoms with van der Waals surface area (Å²) in [5.41, 5.74) is 3.76. The quantitative estimate of drug-likeness (QED) is 0.680. The summed E-state index contributed by atoms with van der Waals surface area (Å²) >= 11 is 1.74. The Morgan fingerprint density at radius 3 is 2.93 bits per heavy atom. The van der Waals surface area contributed by atoms with Crippen LogP contribution in [0.15, 0.2) is 17.6 Å². The molecule has 0 amide bonds. The lowest BCUT2D eigenvalue weighted by Gasteiger charge is -2.41. The maximum absolute atomic E-state index is 4.99. The second-order valence-electron chi connectivity index (χ2n) is 7.97. The highest BCUT2D eigenvalue weighted by atomic mass is 32.1. The molecule has 1 unspecified atom stereocenters. The highest BCUT2D eigenvalue weighted by Crippen LogP contribution is 2.45. The van der Waals surface area contributed by atoms with E-state index < -0.39 is 0 Å². The summed E-state index contributed by atoms with van der Waals surface area (Å²) in [7, 11) is 4.02. The van der Waals surface area contributed by atoms with Gasteiger partial charge in [0.1, 0.15) is 11.6 Å². The van der Waals surface area contributed by atoms with Crippen molar-refractivity contribution in [3.05, 3.63) is 34.7 Å². The summed E-state index contributed by atoms with van der Waals surface area (Å²) in [5, 5.41) is 2.11. The molecule has 0 bridgehead atoms. The molecule has 3 aromatic heterocycles. The second kappa shape index (κ2) is 6.12. The van der Waals surface area contributed by atoms with E-state index in [1.165, 1.54) is 22.4 Å². The number of nitrogens with zero attached hydrogens (tertiary/aromatic N) is 6. The predicted octanol–water partition coefficient (Wildman–Crippen LogP) is 3.34. The van der Waals surface area contributed by atoms with Crippen molar-refractivity contribution in [2.45, 2.75) is 38.0 Å². The van der Waals surface area contributed by atoms with E-state index in [2.05, 4.69) is 26.3 Å². The first kappa shape index (κ1) is 16.9. The van der Waals surface area contributed by atoms with Gasteiger partial charge in [-0.05, 0) is 49.6 Å². The number of aromatic nitrogens is 4. The van der Waals surface area contributed by atoms with Crippen LogP contribution in [-0.4, -0.2) is 47.1 Å². The molecule has 3 aromatic rings. The number of anilines is 2. The number of hydrogen-bond donors (Lipinski definition) is 0. The number of thiophene rings is 1. The van der Waals surface area contributed by atoms with Crippen LogP contribution in [0.1, 0.15) is 36.3 Å². The zero-order valence-corrected chi connectivity index (χ0v) is 16.9. The Bertz CT molecular complexity index is 1010. The molecule has 4 heterocycles. The van der Waals surface area contributed by atoms with Gasteiger partial charge in [-0.15, -0.1) is 11.3 Å². The van der Waals surface area contributed by atoms with E-state index in [4.69, 9.17) is 9.97 Å². The maximum Gasteiger partial charge on any atom is 0.225 e.